The third kappa shape index (κ3) is 5.20. The molecule has 0 fully saturated rings. The molecule has 3 aromatic carbocycles. The van der Waals surface area contributed by atoms with Crippen LogP contribution in [0.25, 0.3) is 0 Å². The number of hydrogen-bond acceptors (Lipinski definition) is 5. The van der Waals surface area contributed by atoms with Crippen molar-refractivity contribution in [2.45, 2.75) is 6.92 Å². The molecule has 0 aliphatic heterocycles. The van der Waals surface area contributed by atoms with Crippen molar-refractivity contribution in [3.63, 3.8) is 0 Å². The summed E-state index contributed by atoms with van der Waals surface area (Å²) in [4.78, 5) is 23.8. The van der Waals surface area contributed by atoms with E-state index < -0.39 is 5.97 Å². The highest BCUT2D eigenvalue weighted by Crippen LogP contribution is 2.21. The van der Waals surface area contributed by atoms with Gasteiger partial charge in [-0.25, -0.2) is 4.79 Å². The summed E-state index contributed by atoms with van der Waals surface area (Å²) in [6, 6.07) is 22.7. The van der Waals surface area contributed by atoms with Crippen molar-refractivity contribution < 1.29 is 23.8 Å². The van der Waals surface area contributed by atoms with E-state index in [4.69, 9.17) is 14.2 Å². The third-order valence-corrected chi connectivity index (χ3v) is 3.93. The summed E-state index contributed by atoms with van der Waals surface area (Å²) >= 11 is 0. The molecule has 0 bridgehead atoms. The highest BCUT2D eigenvalue weighted by molar-refractivity contribution is 5.95. The van der Waals surface area contributed by atoms with Crippen LogP contribution in [0.15, 0.2) is 78.9 Å². The van der Waals surface area contributed by atoms with E-state index in [-0.39, 0.29) is 12.4 Å². The van der Waals surface area contributed by atoms with Gasteiger partial charge in [0.15, 0.2) is 5.78 Å². The maximum atomic E-state index is 12.5. The Morgan fingerprint density at radius 2 is 1.36 bits per heavy atom. The first-order chi connectivity index (χ1) is 13.6. The summed E-state index contributed by atoms with van der Waals surface area (Å²) in [7, 11) is 0. The van der Waals surface area contributed by atoms with Crippen molar-refractivity contribution in [3.05, 3.63) is 90.0 Å². The fourth-order valence-electron chi connectivity index (χ4n) is 2.51. The van der Waals surface area contributed by atoms with E-state index in [9.17, 15) is 9.59 Å². The van der Waals surface area contributed by atoms with Gasteiger partial charge in [0.1, 0.15) is 36.0 Å². The van der Waals surface area contributed by atoms with E-state index >= 15 is 0 Å². The van der Waals surface area contributed by atoms with E-state index in [0.717, 1.165) is 5.75 Å². The zero-order valence-corrected chi connectivity index (χ0v) is 15.5. The summed E-state index contributed by atoms with van der Waals surface area (Å²) in [5.74, 6) is 0.957. The number of Topliss-reactive ketones (excluding diaryl/α,β-unsaturated/α-hetero) is 1. The second-order valence-electron chi connectivity index (χ2n) is 5.98. The van der Waals surface area contributed by atoms with Crippen LogP contribution >= 0.6 is 0 Å². The van der Waals surface area contributed by atoms with Crippen LogP contribution in [0.1, 0.15) is 27.6 Å². The van der Waals surface area contributed by atoms with Crippen LogP contribution in [0.3, 0.4) is 0 Å². The summed E-state index contributed by atoms with van der Waals surface area (Å²) in [5.41, 5.74) is 0.875. The van der Waals surface area contributed by atoms with E-state index in [0.29, 0.717) is 29.2 Å². The van der Waals surface area contributed by atoms with Gasteiger partial charge in [0.2, 0.25) is 0 Å². The van der Waals surface area contributed by atoms with Gasteiger partial charge < -0.3 is 14.2 Å². The molecule has 28 heavy (non-hydrogen) atoms. The topological polar surface area (TPSA) is 61.8 Å². The molecule has 0 aromatic heterocycles. The molecule has 0 N–H and O–H groups in total. The van der Waals surface area contributed by atoms with Gasteiger partial charge in [0.05, 0.1) is 0 Å². The number of para-hydroxylation sites is 2. The third-order valence-electron chi connectivity index (χ3n) is 3.93. The van der Waals surface area contributed by atoms with Gasteiger partial charge in [0, 0.05) is 5.56 Å². The number of ether oxygens (including phenoxy) is 3. The minimum Gasteiger partial charge on any atom is -0.490 e. The van der Waals surface area contributed by atoms with Gasteiger partial charge in [-0.3, -0.25) is 4.79 Å². The van der Waals surface area contributed by atoms with Gasteiger partial charge >= 0.3 is 5.97 Å². The second-order valence-corrected chi connectivity index (χ2v) is 5.98. The Balaban J connectivity index is 1.59. The van der Waals surface area contributed by atoms with Crippen LogP contribution in [0.4, 0.5) is 0 Å². The Kier molecular flexibility index (Phi) is 6.41. The molecule has 0 amide bonds. The largest absolute Gasteiger partial charge is 0.490 e. The van der Waals surface area contributed by atoms with Gasteiger partial charge in [0.25, 0.3) is 0 Å². The number of carbonyl (C=O) groups excluding carboxylic acids is 2. The summed E-state index contributed by atoms with van der Waals surface area (Å²) in [5, 5.41) is 0. The Morgan fingerprint density at radius 3 is 2.07 bits per heavy atom. The van der Waals surface area contributed by atoms with Crippen LogP contribution in [0.2, 0.25) is 0 Å². The van der Waals surface area contributed by atoms with Gasteiger partial charge in [-0.1, -0.05) is 30.3 Å². The van der Waals surface area contributed by atoms with Crippen LogP contribution in [0, 0.1) is 0 Å². The van der Waals surface area contributed by atoms with Crippen LogP contribution in [-0.4, -0.2) is 25.0 Å². The van der Waals surface area contributed by atoms with Crippen molar-refractivity contribution in [1.82, 2.24) is 0 Å². The highest BCUT2D eigenvalue weighted by atomic mass is 16.5. The number of hydrogen-bond donors (Lipinski definition) is 0. The Hall–Kier alpha value is -3.60. The lowest BCUT2D eigenvalue weighted by molar-refractivity contribution is 0.0729. The molecule has 0 atom stereocenters. The second kappa shape index (κ2) is 9.37. The first-order valence-electron chi connectivity index (χ1n) is 8.86. The SMILES string of the molecule is CC(=O)c1ccc(OC(=O)c2ccccc2OCCOc2ccccc2)cc1. The predicted molar refractivity (Wildman–Crippen MR) is 105 cm³/mol. The molecular formula is C23H20O5. The number of rotatable bonds is 8. The molecule has 0 spiro atoms. The van der Waals surface area contributed by atoms with Crippen molar-refractivity contribution in [2.75, 3.05) is 13.2 Å². The average Bonchev–Trinajstić information content (AvgIpc) is 2.72. The molecule has 0 heterocycles. The fraction of sp³-hybridized carbons (Fsp3) is 0.130. The minimum atomic E-state index is -0.532. The predicted octanol–water partition coefficient (Wildman–Crippen LogP) is 4.57. The lowest BCUT2D eigenvalue weighted by atomic mass is 10.1. The first-order valence-corrected chi connectivity index (χ1v) is 8.86. The monoisotopic (exact) mass is 376 g/mol. The number of ketones is 1. The lowest BCUT2D eigenvalue weighted by Crippen LogP contribution is -2.14. The summed E-state index contributed by atoms with van der Waals surface area (Å²) in [6.07, 6.45) is 0. The van der Waals surface area contributed by atoms with Crippen LogP contribution in [0.5, 0.6) is 17.2 Å². The molecule has 0 aliphatic carbocycles. The van der Waals surface area contributed by atoms with E-state index in [1.165, 1.54) is 6.92 Å². The molecule has 3 aromatic rings. The standard InChI is InChI=1S/C23H20O5/c1-17(24)18-11-13-20(14-12-18)28-23(25)21-9-5-6-10-22(21)27-16-15-26-19-7-3-2-4-8-19/h2-14H,15-16H2,1H3. The zero-order valence-electron chi connectivity index (χ0n) is 15.5. The molecule has 5 nitrogen and oxygen atoms in total. The Labute approximate surface area is 163 Å². The fourth-order valence-corrected chi connectivity index (χ4v) is 2.51. The molecule has 0 aliphatic rings. The van der Waals surface area contributed by atoms with Crippen LogP contribution in [-0.2, 0) is 0 Å². The number of carbonyl (C=O) groups is 2. The Morgan fingerprint density at radius 1 is 0.714 bits per heavy atom. The highest BCUT2D eigenvalue weighted by Gasteiger charge is 2.15. The maximum Gasteiger partial charge on any atom is 0.347 e. The quantitative estimate of drug-likeness (QED) is 0.249. The molecule has 3 rings (SSSR count). The number of benzene rings is 3. The molecule has 0 saturated carbocycles. The van der Waals surface area contributed by atoms with E-state index in [1.54, 1.807) is 48.5 Å². The van der Waals surface area contributed by atoms with Crippen molar-refractivity contribution >= 4 is 11.8 Å². The molecule has 0 unspecified atom stereocenters. The minimum absolute atomic E-state index is 0.0469. The molecule has 142 valence electrons. The summed E-state index contributed by atoms with van der Waals surface area (Å²) in [6.45, 7) is 2.11. The number of esters is 1. The maximum absolute atomic E-state index is 12.5. The lowest BCUT2D eigenvalue weighted by Gasteiger charge is -2.12. The summed E-state index contributed by atoms with van der Waals surface area (Å²) < 4.78 is 16.7. The van der Waals surface area contributed by atoms with Crippen LogP contribution < -0.4 is 14.2 Å². The van der Waals surface area contributed by atoms with E-state index in [2.05, 4.69) is 0 Å². The molecule has 0 radical (unpaired) electrons. The molecule has 0 saturated heterocycles. The Bertz CT molecular complexity index is 933. The molecular weight excluding hydrogens is 356 g/mol. The van der Waals surface area contributed by atoms with Gasteiger partial charge in [-0.2, -0.15) is 0 Å². The van der Waals surface area contributed by atoms with Crippen molar-refractivity contribution in [2.24, 2.45) is 0 Å². The van der Waals surface area contributed by atoms with Crippen molar-refractivity contribution in [3.8, 4) is 17.2 Å². The van der Waals surface area contributed by atoms with E-state index in [1.807, 2.05) is 30.3 Å². The zero-order chi connectivity index (χ0) is 19.8. The van der Waals surface area contributed by atoms with Gasteiger partial charge in [-0.05, 0) is 55.5 Å². The molecule has 5 heteroatoms. The smallest absolute Gasteiger partial charge is 0.347 e. The average molecular weight is 376 g/mol. The normalized spacial score (nSPS) is 10.2. The first kappa shape index (κ1) is 19.2. The van der Waals surface area contributed by atoms with Crippen molar-refractivity contribution in [1.29, 1.82) is 0 Å². The van der Waals surface area contributed by atoms with Gasteiger partial charge in [-0.15, -0.1) is 0 Å².